The largest absolute Gasteiger partial charge is 0.348 e. The highest BCUT2D eigenvalue weighted by molar-refractivity contribution is 7.88. The van der Waals surface area contributed by atoms with E-state index >= 15 is 0 Å². The monoisotopic (exact) mass is 346 g/mol. The zero-order chi connectivity index (χ0) is 17.2. The molecule has 23 heavy (non-hydrogen) atoms. The zero-order valence-electron chi connectivity index (χ0n) is 14.7. The molecule has 0 aliphatic carbocycles. The van der Waals surface area contributed by atoms with E-state index in [9.17, 15) is 13.2 Å². The first-order valence-corrected chi connectivity index (χ1v) is 10.1. The van der Waals surface area contributed by atoms with Gasteiger partial charge < -0.3 is 9.80 Å². The van der Waals surface area contributed by atoms with Crippen LogP contribution in [0.25, 0.3) is 0 Å². The van der Waals surface area contributed by atoms with Crippen LogP contribution in [0.2, 0.25) is 0 Å². The van der Waals surface area contributed by atoms with E-state index < -0.39 is 10.0 Å². The Balaban J connectivity index is 2.00. The molecule has 2 rings (SSSR count). The summed E-state index contributed by atoms with van der Waals surface area (Å²) in [5.74, 6) is 0.169. The van der Waals surface area contributed by atoms with E-state index in [1.54, 1.807) is 9.21 Å². The van der Waals surface area contributed by atoms with Crippen LogP contribution in [0.5, 0.6) is 0 Å². The van der Waals surface area contributed by atoms with Crippen molar-refractivity contribution in [1.29, 1.82) is 0 Å². The summed E-state index contributed by atoms with van der Waals surface area (Å²) in [5.41, 5.74) is 0. The Kier molecular flexibility index (Phi) is 6.05. The van der Waals surface area contributed by atoms with Gasteiger partial charge in [-0.25, -0.2) is 12.7 Å². The summed E-state index contributed by atoms with van der Waals surface area (Å²) < 4.78 is 24.8. The molecule has 8 heteroatoms. The van der Waals surface area contributed by atoms with Crippen molar-refractivity contribution < 1.29 is 13.2 Å². The number of likely N-dealkylation sites (N-methyl/N-ethyl adjacent to an activating group) is 1. The van der Waals surface area contributed by atoms with Crippen molar-refractivity contribution in [2.75, 3.05) is 66.7 Å². The molecule has 0 bridgehead atoms. The molecule has 0 aromatic carbocycles. The molecule has 7 nitrogen and oxygen atoms in total. The molecular weight excluding hydrogens is 316 g/mol. The number of nitrogens with zero attached hydrogens (tertiary/aromatic N) is 4. The van der Waals surface area contributed by atoms with Gasteiger partial charge in [-0.1, -0.05) is 0 Å². The summed E-state index contributed by atoms with van der Waals surface area (Å²) in [5, 5.41) is 0. The fourth-order valence-corrected chi connectivity index (χ4v) is 4.46. The molecule has 0 radical (unpaired) electrons. The van der Waals surface area contributed by atoms with Gasteiger partial charge in [0.25, 0.3) is 0 Å². The van der Waals surface area contributed by atoms with Crippen LogP contribution in [0.4, 0.5) is 0 Å². The molecule has 1 amide bonds. The van der Waals surface area contributed by atoms with Crippen LogP contribution in [0, 0.1) is 5.92 Å². The normalized spacial score (nSPS) is 26.9. The second kappa shape index (κ2) is 7.46. The lowest BCUT2D eigenvalue weighted by molar-refractivity contribution is -0.133. The topological polar surface area (TPSA) is 64.2 Å². The van der Waals surface area contributed by atoms with Gasteiger partial charge in [-0.2, -0.15) is 0 Å². The molecule has 0 spiro atoms. The van der Waals surface area contributed by atoms with Crippen LogP contribution in [-0.2, 0) is 14.8 Å². The first-order valence-electron chi connectivity index (χ1n) is 8.27. The Morgan fingerprint density at radius 2 is 1.65 bits per heavy atom. The van der Waals surface area contributed by atoms with Gasteiger partial charge in [-0.15, -0.1) is 0 Å². The smallest absolute Gasteiger partial charge is 0.227 e. The van der Waals surface area contributed by atoms with Crippen molar-refractivity contribution in [2.24, 2.45) is 5.92 Å². The van der Waals surface area contributed by atoms with Crippen molar-refractivity contribution in [2.45, 2.75) is 18.9 Å². The number of rotatable bonds is 3. The number of carbonyl (C=O) groups is 1. The van der Waals surface area contributed by atoms with Crippen molar-refractivity contribution in [1.82, 2.24) is 19.0 Å². The minimum Gasteiger partial charge on any atom is -0.348 e. The van der Waals surface area contributed by atoms with E-state index in [0.29, 0.717) is 19.1 Å². The van der Waals surface area contributed by atoms with E-state index in [2.05, 4.69) is 16.8 Å². The quantitative estimate of drug-likeness (QED) is 0.680. The van der Waals surface area contributed by atoms with E-state index in [-0.39, 0.29) is 11.8 Å². The molecule has 2 fully saturated rings. The van der Waals surface area contributed by atoms with E-state index in [1.165, 1.54) is 6.26 Å². The van der Waals surface area contributed by atoms with Crippen LogP contribution < -0.4 is 0 Å². The van der Waals surface area contributed by atoms with Crippen LogP contribution in [-0.4, -0.2) is 106 Å². The second-order valence-electron chi connectivity index (χ2n) is 7.08. The highest BCUT2D eigenvalue weighted by Crippen LogP contribution is 2.21. The molecule has 0 N–H and O–H groups in total. The summed E-state index contributed by atoms with van der Waals surface area (Å²) in [6.07, 6.45) is 2.97. The van der Waals surface area contributed by atoms with E-state index in [1.807, 2.05) is 14.1 Å². The standard InChI is InChI=1S/C15H30N4O3S/c1-16(2)15(20)13-11-17(3)9-10-18(12-13)14-5-7-19(8-6-14)23(4,21)22/h13-14H,5-12H2,1-4H3. The molecule has 0 aromatic rings. The minimum atomic E-state index is -3.09. The lowest BCUT2D eigenvalue weighted by atomic mass is 10.0. The molecule has 0 saturated carbocycles. The Bertz CT molecular complexity index is 515. The summed E-state index contributed by atoms with van der Waals surface area (Å²) >= 11 is 0. The SMILES string of the molecule is CN1CCN(C2CCN(S(C)(=O)=O)CC2)CC(C(=O)N(C)C)C1. The van der Waals surface area contributed by atoms with Gasteiger partial charge in [0, 0.05) is 59.4 Å². The number of amides is 1. The summed E-state index contributed by atoms with van der Waals surface area (Å²) in [4.78, 5) is 18.7. The van der Waals surface area contributed by atoms with E-state index in [0.717, 1.165) is 39.0 Å². The average molecular weight is 346 g/mol. The third-order valence-electron chi connectivity index (χ3n) is 4.95. The summed E-state index contributed by atoms with van der Waals surface area (Å²) in [6.45, 7) is 4.62. The van der Waals surface area contributed by atoms with Gasteiger partial charge in [-0.05, 0) is 19.9 Å². The predicted molar refractivity (Wildman–Crippen MR) is 90.7 cm³/mol. The maximum Gasteiger partial charge on any atom is 0.227 e. The molecule has 134 valence electrons. The first kappa shape index (κ1) is 18.6. The maximum absolute atomic E-state index is 12.4. The number of hydrogen-bond acceptors (Lipinski definition) is 5. The zero-order valence-corrected chi connectivity index (χ0v) is 15.5. The van der Waals surface area contributed by atoms with Crippen LogP contribution in [0.3, 0.4) is 0 Å². The molecule has 0 aromatic heterocycles. The van der Waals surface area contributed by atoms with Gasteiger partial charge in [-0.3, -0.25) is 9.69 Å². The fourth-order valence-electron chi connectivity index (χ4n) is 3.59. The third-order valence-corrected chi connectivity index (χ3v) is 6.26. The van der Waals surface area contributed by atoms with Gasteiger partial charge in [0.1, 0.15) is 0 Å². The number of carbonyl (C=O) groups excluding carboxylic acids is 1. The van der Waals surface area contributed by atoms with Crippen LogP contribution in [0.1, 0.15) is 12.8 Å². The predicted octanol–water partition coefficient (Wildman–Crippen LogP) is -0.638. The molecule has 2 aliphatic rings. The van der Waals surface area contributed by atoms with Gasteiger partial charge in [0.2, 0.25) is 15.9 Å². The average Bonchev–Trinajstić information content (AvgIpc) is 2.67. The van der Waals surface area contributed by atoms with Crippen molar-refractivity contribution >= 4 is 15.9 Å². The van der Waals surface area contributed by atoms with Gasteiger partial charge >= 0.3 is 0 Å². The molecule has 2 heterocycles. The van der Waals surface area contributed by atoms with Gasteiger partial charge in [0.15, 0.2) is 0 Å². The second-order valence-corrected chi connectivity index (χ2v) is 9.06. The van der Waals surface area contributed by atoms with Gasteiger partial charge in [0.05, 0.1) is 12.2 Å². The van der Waals surface area contributed by atoms with Crippen LogP contribution >= 0.6 is 0 Å². The molecule has 1 unspecified atom stereocenters. The lowest BCUT2D eigenvalue weighted by Crippen LogP contribution is -2.49. The summed E-state index contributed by atoms with van der Waals surface area (Å²) in [6, 6.07) is 0.372. The maximum atomic E-state index is 12.4. The number of piperidine rings is 1. The highest BCUT2D eigenvalue weighted by atomic mass is 32.2. The Morgan fingerprint density at radius 3 is 2.17 bits per heavy atom. The minimum absolute atomic E-state index is 0.00885. The van der Waals surface area contributed by atoms with Crippen molar-refractivity contribution in [3.8, 4) is 0 Å². The van der Waals surface area contributed by atoms with Crippen LogP contribution in [0.15, 0.2) is 0 Å². The Hall–Kier alpha value is -0.700. The molecule has 1 atom stereocenters. The Labute approximate surface area is 140 Å². The number of hydrogen-bond donors (Lipinski definition) is 0. The molecule has 2 aliphatic heterocycles. The van der Waals surface area contributed by atoms with Crippen molar-refractivity contribution in [3.63, 3.8) is 0 Å². The third kappa shape index (κ3) is 4.89. The Morgan fingerprint density at radius 1 is 1.04 bits per heavy atom. The number of sulfonamides is 1. The molecular formula is C15H30N4O3S. The van der Waals surface area contributed by atoms with Crippen molar-refractivity contribution in [3.05, 3.63) is 0 Å². The van der Waals surface area contributed by atoms with E-state index in [4.69, 9.17) is 0 Å². The fraction of sp³-hybridized carbons (Fsp3) is 0.933. The first-order chi connectivity index (χ1) is 10.7. The summed E-state index contributed by atoms with van der Waals surface area (Å²) in [7, 11) is 2.59. The molecule has 2 saturated heterocycles. The highest BCUT2D eigenvalue weighted by Gasteiger charge is 2.33. The lowest BCUT2D eigenvalue weighted by Gasteiger charge is -2.38.